The van der Waals surface area contributed by atoms with E-state index in [1.165, 1.54) is 21.6 Å². The number of amides is 3. The lowest BCUT2D eigenvalue weighted by molar-refractivity contribution is -0.140. The van der Waals surface area contributed by atoms with E-state index in [1.807, 2.05) is 0 Å². The van der Waals surface area contributed by atoms with Crippen LogP contribution in [0.5, 0.6) is 0 Å². The fraction of sp³-hybridized carbons (Fsp3) is 0.591. The Kier molecular flexibility index (Phi) is 6.30. The Bertz CT molecular complexity index is 704. The number of hydrogen-bond donors (Lipinski definition) is 1. The van der Waals surface area contributed by atoms with Crippen LogP contribution in [0.1, 0.15) is 55.2 Å². The zero-order chi connectivity index (χ0) is 19.4. The third-order valence-electron chi connectivity index (χ3n) is 5.94. The van der Waals surface area contributed by atoms with E-state index in [0.717, 1.165) is 38.5 Å². The van der Waals surface area contributed by atoms with E-state index in [1.54, 1.807) is 0 Å². The lowest BCUT2D eigenvalue weighted by Gasteiger charge is -2.19. The molecule has 1 saturated heterocycles. The van der Waals surface area contributed by atoms with Gasteiger partial charge in [0.15, 0.2) is 0 Å². The summed E-state index contributed by atoms with van der Waals surface area (Å²) >= 11 is 0. The Labute approximate surface area is 161 Å². The highest BCUT2D eigenvalue weighted by Gasteiger charge is 2.47. The van der Waals surface area contributed by atoms with Crippen LogP contribution in [0.25, 0.3) is 0 Å². The van der Waals surface area contributed by atoms with Crippen molar-refractivity contribution in [3.8, 4) is 0 Å². The molecule has 1 aliphatic carbocycles. The first-order chi connectivity index (χ1) is 13.0. The van der Waals surface area contributed by atoms with Crippen molar-refractivity contribution in [1.29, 1.82) is 0 Å². The summed E-state index contributed by atoms with van der Waals surface area (Å²) in [5.74, 6) is -0.482. The molecule has 1 N–H and O–H groups in total. The number of imide groups is 1. The van der Waals surface area contributed by atoms with Crippen molar-refractivity contribution in [2.45, 2.75) is 58.8 Å². The SMILES string of the molecule is Cc1ccc(CCCNC(=O)CCN2C(=O)[C@H]3CCCC[C@H]3C2=O)c(C)c1. The van der Waals surface area contributed by atoms with Gasteiger partial charge in [-0.2, -0.15) is 0 Å². The normalized spacial score (nSPS) is 22.1. The van der Waals surface area contributed by atoms with E-state index in [9.17, 15) is 14.4 Å². The van der Waals surface area contributed by atoms with Crippen LogP contribution in [0.2, 0.25) is 0 Å². The number of aryl methyl sites for hydroxylation is 3. The molecule has 2 aliphatic rings. The first-order valence-corrected chi connectivity index (χ1v) is 10.2. The molecule has 5 heteroatoms. The molecule has 27 heavy (non-hydrogen) atoms. The third kappa shape index (κ3) is 4.57. The van der Waals surface area contributed by atoms with Crippen LogP contribution in [0, 0.1) is 25.7 Å². The summed E-state index contributed by atoms with van der Waals surface area (Å²) in [5, 5.41) is 2.91. The predicted octanol–water partition coefficient (Wildman–Crippen LogP) is 2.92. The van der Waals surface area contributed by atoms with Crippen LogP contribution in [-0.2, 0) is 20.8 Å². The molecule has 2 fully saturated rings. The van der Waals surface area contributed by atoms with Gasteiger partial charge in [-0.1, -0.05) is 36.6 Å². The Morgan fingerprint density at radius 1 is 1.11 bits per heavy atom. The Morgan fingerprint density at radius 2 is 1.78 bits per heavy atom. The Morgan fingerprint density at radius 3 is 2.41 bits per heavy atom. The molecular formula is C22H30N2O3. The fourth-order valence-electron chi connectivity index (χ4n) is 4.39. The molecule has 1 aromatic rings. The molecule has 3 rings (SSSR count). The van der Waals surface area contributed by atoms with E-state index in [2.05, 4.69) is 37.4 Å². The number of benzene rings is 1. The monoisotopic (exact) mass is 370 g/mol. The molecule has 1 aromatic carbocycles. The maximum atomic E-state index is 12.4. The minimum absolute atomic E-state index is 0.0626. The average Bonchev–Trinajstić information content (AvgIpc) is 2.89. The summed E-state index contributed by atoms with van der Waals surface area (Å²) < 4.78 is 0. The summed E-state index contributed by atoms with van der Waals surface area (Å²) in [5.41, 5.74) is 3.86. The molecule has 2 atom stereocenters. The van der Waals surface area contributed by atoms with Gasteiger partial charge < -0.3 is 5.32 Å². The van der Waals surface area contributed by atoms with Crippen molar-refractivity contribution >= 4 is 17.7 Å². The van der Waals surface area contributed by atoms with Crippen LogP contribution in [0.15, 0.2) is 18.2 Å². The zero-order valence-corrected chi connectivity index (χ0v) is 16.4. The number of hydrogen-bond acceptors (Lipinski definition) is 3. The number of carbonyl (C=O) groups is 3. The standard InChI is InChI=1S/C22H30N2O3/c1-15-9-10-17(16(2)14-15)6-5-12-23-20(25)11-13-24-21(26)18-7-3-4-8-19(18)22(24)27/h9-10,14,18-19H,3-8,11-13H2,1-2H3,(H,23,25)/t18-,19+. The number of likely N-dealkylation sites (tertiary alicyclic amines) is 1. The van der Waals surface area contributed by atoms with Crippen molar-refractivity contribution in [1.82, 2.24) is 10.2 Å². The van der Waals surface area contributed by atoms with E-state index in [4.69, 9.17) is 0 Å². The van der Waals surface area contributed by atoms with Crippen molar-refractivity contribution in [2.24, 2.45) is 11.8 Å². The first-order valence-electron chi connectivity index (χ1n) is 10.2. The lowest BCUT2D eigenvalue weighted by Crippen LogP contribution is -2.35. The van der Waals surface area contributed by atoms with Gasteiger partial charge in [0.25, 0.3) is 0 Å². The van der Waals surface area contributed by atoms with Crippen LogP contribution < -0.4 is 5.32 Å². The number of nitrogens with zero attached hydrogens (tertiary/aromatic N) is 1. The van der Waals surface area contributed by atoms with Crippen molar-refractivity contribution in [3.63, 3.8) is 0 Å². The zero-order valence-electron chi connectivity index (χ0n) is 16.4. The Hall–Kier alpha value is -2.17. The van der Waals surface area contributed by atoms with Crippen LogP contribution >= 0.6 is 0 Å². The van der Waals surface area contributed by atoms with Gasteiger partial charge in [-0.15, -0.1) is 0 Å². The highest BCUT2D eigenvalue weighted by molar-refractivity contribution is 6.05. The minimum Gasteiger partial charge on any atom is -0.356 e. The third-order valence-corrected chi connectivity index (χ3v) is 5.94. The molecule has 0 bridgehead atoms. The number of fused-ring (bicyclic) bond motifs is 1. The molecule has 5 nitrogen and oxygen atoms in total. The fourth-order valence-corrected chi connectivity index (χ4v) is 4.39. The molecule has 3 amide bonds. The van der Waals surface area contributed by atoms with Crippen LogP contribution in [0.3, 0.4) is 0 Å². The molecule has 1 aliphatic heterocycles. The first kappa shape index (κ1) is 19.6. The highest BCUT2D eigenvalue weighted by atomic mass is 16.2. The topological polar surface area (TPSA) is 66.5 Å². The van der Waals surface area contributed by atoms with Gasteiger partial charge in [0.2, 0.25) is 17.7 Å². The van der Waals surface area contributed by atoms with E-state index in [0.29, 0.717) is 6.54 Å². The molecule has 0 radical (unpaired) electrons. The molecule has 1 heterocycles. The Balaban J connectivity index is 1.38. The maximum Gasteiger partial charge on any atom is 0.233 e. The average molecular weight is 370 g/mol. The van der Waals surface area contributed by atoms with Gasteiger partial charge in [0, 0.05) is 19.5 Å². The molecular weight excluding hydrogens is 340 g/mol. The largest absolute Gasteiger partial charge is 0.356 e. The van der Waals surface area contributed by atoms with Gasteiger partial charge in [0.05, 0.1) is 11.8 Å². The summed E-state index contributed by atoms with van der Waals surface area (Å²) in [6.45, 7) is 5.03. The molecule has 0 unspecified atom stereocenters. The van der Waals surface area contributed by atoms with E-state index in [-0.39, 0.29) is 42.5 Å². The van der Waals surface area contributed by atoms with Crippen LogP contribution in [-0.4, -0.2) is 35.7 Å². The van der Waals surface area contributed by atoms with Gasteiger partial charge in [-0.25, -0.2) is 0 Å². The summed E-state index contributed by atoms with van der Waals surface area (Å²) in [7, 11) is 0. The summed E-state index contributed by atoms with van der Waals surface area (Å²) in [6.07, 6.45) is 5.68. The van der Waals surface area contributed by atoms with Gasteiger partial charge >= 0.3 is 0 Å². The number of carbonyl (C=O) groups excluding carboxylic acids is 3. The summed E-state index contributed by atoms with van der Waals surface area (Å²) in [6, 6.07) is 6.44. The lowest BCUT2D eigenvalue weighted by atomic mass is 9.81. The van der Waals surface area contributed by atoms with E-state index < -0.39 is 0 Å². The smallest absolute Gasteiger partial charge is 0.233 e. The van der Waals surface area contributed by atoms with Gasteiger partial charge in [0.1, 0.15) is 0 Å². The molecule has 0 spiro atoms. The second kappa shape index (κ2) is 8.68. The van der Waals surface area contributed by atoms with Crippen LogP contribution in [0.4, 0.5) is 0 Å². The maximum absolute atomic E-state index is 12.4. The van der Waals surface area contributed by atoms with Crippen molar-refractivity contribution in [3.05, 3.63) is 34.9 Å². The second-order valence-corrected chi connectivity index (χ2v) is 7.96. The summed E-state index contributed by atoms with van der Waals surface area (Å²) in [4.78, 5) is 38.2. The molecule has 0 aromatic heterocycles. The van der Waals surface area contributed by atoms with Crippen molar-refractivity contribution < 1.29 is 14.4 Å². The van der Waals surface area contributed by atoms with Crippen molar-refractivity contribution in [2.75, 3.05) is 13.1 Å². The highest BCUT2D eigenvalue weighted by Crippen LogP contribution is 2.37. The molecule has 1 saturated carbocycles. The number of rotatable bonds is 7. The van der Waals surface area contributed by atoms with E-state index >= 15 is 0 Å². The quantitative estimate of drug-likeness (QED) is 0.593. The predicted molar refractivity (Wildman–Crippen MR) is 104 cm³/mol. The minimum atomic E-state index is -0.132. The van der Waals surface area contributed by atoms with Gasteiger partial charge in [-0.05, 0) is 50.7 Å². The molecule has 146 valence electrons. The second-order valence-electron chi connectivity index (χ2n) is 7.96. The number of nitrogens with one attached hydrogen (secondary N) is 1. The van der Waals surface area contributed by atoms with Gasteiger partial charge in [-0.3, -0.25) is 19.3 Å².